The molecule has 0 unspecified atom stereocenters. The number of rotatable bonds is 2. The molecule has 1 aliphatic heterocycles. The Bertz CT molecular complexity index is 217. The summed E-state index contributed by atoms with van der Waals surface area (Å²) in [6, 6.07) is 0. The Kier molecular flexibility index (Phi) is 3.20. The lowest BCUT2D eigenvalue weighted by atomic mass is 10.7. The van der Waals surface area contributed by atoms with Crippen LogP contribution in [0.3, 0.4) is 0 Å². The monoisotopic (exact) mass is 384 g/mol. The highest BCUT2D eigenvalue weighted by Crippen LogP contribution is 2.76. The molecule has 0 aromatic rings. The summed E-state index contributed by atoms with van der Waals surface area (Å²) in [5.74, 6) is 0. The van der Waals surface area contributed by atoms with Crippen LogP contribution in [0.4, 0.5) is 26.3 Å². The van der Waals surface area contributed by atoms with E-state index in [-0.39, 0.29) is 0 Å². The third kappa shape index (κ3) is 2.03. The van der Waals surface area contributed by atoms with Gasteiger partial charge in [0.05, 0.1) is 0 Å². The number of hydrogen-bond acceptors (Lipinski definition) is 2. The first kappa shape index (κ1) is 13.3. The molecule has 1 fully saturated rings. The van der Waals surface area contributed by atoms with Crippen LogP contribution < -0.4 is 0 Å². The molecule has 0 atom stereocenters. The molecular weight excluding hydrogens is 386 g/mol. The van der Waals surface area contributed by atoms with E-state index in [1.807, 2.05) is 0 Å². The van der Waals surface area contributed by atoms with Gasteiger partial charge in [-0.1, -0.05) is 0 Å². The molecule has 0 spiro atoms. The second-order valence-corrected chi connectivity index (χ2v) is 7.44. The Hall–Kier alpha value is 1.24. The third-order valence-electron chi connectivity index (χ3n) is 1.20. The number of thioether (sulfide) groups is 2. The lowest BCUT2D eigenvalue weighted by Gasteiger charge is -2.46. The van der Waals surface area contributed by atoms with Crippen molar-refractivity contribution >= 4 is 55.4 Å². The summed E-state index contributed by atoms with van der Waals surface area (Å²) in [6.07, 6.45) is 0. The van der Waals surface area contributed by atoms with E-state index in [1.165, 1.54) is 0 Å². The van der Waals surface area contributed by atoms with Crippen LogP contribution in [0.5, 0.6) is 0 Å². The Morgan fingerprint density at radius 3 is 1.14 bits per heavy atom. The molecule has 1 heterocycles. The van der Waals surface area contributed by atoms with Crippen molar-refractivity contribution in [3.8, 4) is 0 Å². The van der Waals surface area contributed by atoms with Gasteiger partial charge >= 0.3 is 9.66 Å². The van der Waals surface area contributed by atoms with Crippen LogP contribution in [0.25, 0.3) is 0 Å². The van der Waals surface area contributed by atoms with E-state index in [2.05, 4.69) is 0 Å². The summed E-state index contributed by atoms with van der Waals surface area (Å²) in [4.78, 5) is -8.13. The lowest BCUT2D eigenvalue weighted by Crippen LogP contribution is -2.53. The minimum absolute atomic E-state index is 0.772. The maximum absolute atomic E-state index is 13.0. The van der Waals surface area contributed by atoms with Gasteiger partial charge in [-0.3, -0.25) is 0 Å². The van der Waals surface area contributed by atoms with Gasteiger partial charge in [-0.15, -0.1) is 0 Å². The first-order valence-corrected chi connectivity index (χ1v) is 6.05. The van der Waals surface area contributed by atoms with Gasteiger partial charge in [0.1, 0.15) is 0 Å². The molecule has 84 valence electrons. The topological polar surface area (TPSA) is 0 Å². The zero-order chi connectivity index (χ0) is 11.4. The highest BCUT2D eigenvalue weighted by atomic mass is 79.9. The molecule has 0 radical (unpaired) electrons. The average molecular weight is 386 g/mol. The van der Waals surface area contributed by atoms with E-state index in [0.29, 0.717) is 0 Å². The minimum Gasteiger partial charge on any atom is -0.211 e. The molecule has 0 N–H and O–H groups in total. The second-order valence-electron chi connectivity index (χ2n) is 2.27. The van der Waals surface area contributed by atoms with Gasteiger partial charge in [0.25, 0.3) is 8.67 Å². The summed E-state index contributed by atoms with van der Waals surface area (Å²) < 4.78 is 68.5. The van der Waals surface area contributed by atoms with Crippen molar-refractivity contribution in [1.82, 2.24) is 0 Å². The Balaban J connectivity index is 2.76. The van der Waals surface area contributed by atoms with E-state index in [9.17, 15) is 26.3 Å². The Morgan fingerprint density at radius 2 is 1.00 bits per heavy atom. The predicted octanol–water partition coefficient (Wildman–Crippen LogP) is 4.69. The number of halogens is 8. The third-order valence-corrected chi connectivity index (χ3v) is 6.42. The summed E-state index contributed by atoms with van der Waals surface area (Å²) in [6.45, 7) is 0. The lowest BCUT2D eigenvalue weighted by molar-refractivity contribution is 0.0132. The van der Waals surface area contributed by atoms with Crippen molar-refractivity contribution in [2.24, 2.45) is 0 Å². The number of alkyl halides is 8. The molecule has 10 heteroatoms. The maximum Gasteiger partial charge on any atom is 0.353 e. The van der Waals surface area contributed by atoms with Crippen molar-refractivity contribution in [2.75, 3.05) is 0 Å². The Morgan fingerprint density at radius 1 is 0.786 bits per heavy atom. The number of hydrogen-bond donors (Lipinski definition) is 0. The maximum atomic E-state index is 13.0. The van der Waals surface area contributed by atoms with Crippen LogP contribution in [0.2, 0.25) is 0 Å². The molecule has 1 rings (SSSR count). The van der Waals surface area contributed by atoms with Gasteiger partial charge in [-0.2, -0.15) is 17.6 Å². The van der Waals surface area contributed by atoms with Crippen LogP contribution in [-0.4, -0.2) is 18.3 Å². The van der Waals surface area contributed by atoms with Gasteiger partial charge in [0.2, 0.25) is 0 Å². The summed E-state index contributed by atoms with van der Waals surface area (Å²) in [5, 5.41) is 0. The molecule has 0 aromatic carbocycles. The van der Waals surface area contributed by atoms with Gasteiger partial charge in [0, 0.05) is 0 Å². The molecular formula is C4Br2F6S2. The fourth-order valence-corrected chi connectivity index (χ4v) is 3.83. The quantitative estimate of drug-likeness (QED) is 0.499. The van der Waals surface area contributed by atoms with E-state index in [1.54, 1.807) is 31.9 Å². The SMILES string of the molecule is FC(F)(Br)C1(F)SC(F)(C(F)(F)Br)S1. The zero-order valence-corrected chi connectivity index (χ0v) is 10.6. The predicted molar refractivity (Wildman–Crippen MR) is 50.6 cm³/mol. The van der Waals surface area contributed by atoms with Crippen molar-refractivity contribution in [2.45, 2.75) is 18.3 Å². The minimum atomic E-state index is -4.07. The summed E-state index contributed by atoms with van der Waals surface area (Å²) in [5.41, 5.74) is 0. The van der Waals surface area contributed by atoms with Crippen molar-refractivity contribution in [3.63, 3.8) is 0 Å². The first-order chi connectivity index (χ1) is 5.91. The molecule has 1 saturated heterocycles. The highest BCUT2D eigenvalue weighted by molar-refractivity contribution is 9.10. The highest BCUT2D eigenvalue weighted by Gasteiger charge is 2.77. The first-order valence-electron chi connectivity index (χ1n) is 2.83. The second kappa shape index (κ2) is 3.36. The van der Waals surface area contributed by atoms with E-state index in [0.717, 1.165) is 0 Å². The fraction of sp³-hybridized carbons (Fsp3) is 1.00. The smallest absolute Gasteiger partial charge is 0.211 e. The van der Waals surface area contributed by atoms with Crippen molar-refractivity contribution < 1.29 is 26.3 Å². The zero-order valence-electron chi connectivity index (χ0n) is 5.84. The van der Waals surface area contributed by atoms with E-state index in [4.69, 9.17) is 0 Å². The van der Waals surface area contributed by atoms with Crippen LogP contribution in [0.15, 0.2) is 0 Å². The fourth-order valence-electron chi connectivity index (χ4n) is 0.577. The molecule has 14 heavy (non-hydrogen) atoms. The molecule has 0 bridgehead atoms. The normalized spacial score (nSPS) is 39.4. The van der Waals surface area contributed by atoms with Crippen molar-refractivity contribution in [1.29, 1.82) is 0 Å². The standard InChI is InChI=1S/C4Br2F6S2/c5-1(7,8)3(11)13-4(12,14-3)2(6,9)10. The summed E-state index contributed by atoms with van der Waals surface area (Å²) in [7, 11) is 0. The molecule has 0 saturated carbocycles. The van der Waals surface area contributed by atoms with Gasteiger partial charge in [-0.25, -0.2) is 8.78 Å². The van der Waals surface area contributed by atoms with E-state index >= 15 is 0 Å². The average Bonchev–Trinajstić information content (AvgIpc) is 1.78. The largest absolute Gasteiger partial charge is 0.353 e. The van der Waals surface area contributed by atoms with Crippen LogP contribution in [0, 0.1) is 0 Å². The van der Waals surface area contributed by atoms with Crippen LogP contribution >= 0.6 is 55.4 Å². The molecule has 1 aliphatic rings. The molecule has 0 nitrogen and oxygen atoms in total. The Labute approximate surface area is 99.8 Å². The van der Waals surface area contributed by atoms with Crippen LogP contribution in [0.1, 0.15) is 0 Å². The van der Waals surface area contributed by atoms with Gasteiger partial charge in [-0.05, 0) is 55.4 Å². The van der Waals surface area contributed by atoms with Gasteiger partial charge < -0.3 is 0 Å². The van der Waals surface area contributed by atoms with Crippen LogP contribution in [-0.2, 0) is 0 Å². The summed E-state index contributed by atoms with van der Waals surface area (Å²) >= 11 is 1.76. The molecule has 0 aliphatic carbocycles. The molecule has 0 aromatic heterocycles. The van der Waals surface area contributed by atoms with Gasteiger partial charge in [0.15, 0.2) is 0 Å². The van der Waals surface area contributed by atoms with E-state index < -0.39 is 41.9 Å². The van der Waals surface area contributed by atoms with Crippen molar-refractivity contribution in [3.05, 3.63) is 0 Å². The molecule has 0 amide bonds.